The number of rotatable bonds is 4. The number of amides is 2. The number of hydrogen-bond acceptors (Lipinski definition) is 9. The van der Waals surface area contributed by atoms with Gasteiger partial charge in [0.25, 0.3) is 11.1 Å². The second kappa shape index (κ2) is 8.54. The largest absolute Gasteiger partial charge is 0.338 e. The van der Waals surface area contributed by atoms with Gasteiger partial charge in [-0.15, -0.1) is 0 Å². The zero-order valence-corrected chi connectivity index (χ0v) is 16.8. The minimum Gasteiger partial charge on any atom is -0.338 e. The van der Waals surface area contributed by atoms with Gasteiger partial charge in [0.1, 0.15) is 6.33 Å². The Morgan fingerprint density at radius 3 is 2.54 bits per heavy atom. The monoisotopic (exact) mass is 403 g/mol. The predicted octanol–water partition coefficient (Wildman–Crippen LogP) is 0.802. The molecule has 3 fully saturated rings. The van der Waals surface area contributed by atoms with Gasteiger partial charge in [-0.2, -0.15) is 4.98 Å². The van der Waals surface area contributed by atoms with Crippen LogP contribution in [-0.4, -0.2) is 87.8 Å². The number of nitrogens with one attached hydrogen (secondary N) is 1. The number of piperidine rings is 1. The third-order valence-corrected chi connectivity index (χ3v) is 6.41. The van der Waals surface area contributed by atoms with E-state index in [1.165, 1.54) is 38.3 Å². The van der Waals surface area contributed by atoms with E-state index in [0.29, 0.717) is 22.7 Å². The van der Waals surface area contributed by atoms with Crippen molar-refractivity contribution in [3.8, 4) is 0 Å². The molecule has 1 N–H and O–H groups in total. The summed E-state index contributed by atoms with van der Waals surface area (Å²) in [5.41, 5.74) is 0. The van der Waals surface area contributed by atoms with Crippen LogP contribution < -0.4 is 10.2 Å². The summed E-state index contributed by atoms with van der Waals surface area (Å²) in [5, 5.41) is 1.87. The van der Waals surface area contributed by atoms with Crippen LogP contribution in [0.3, 0.4) is 0 Å². The number of imide groups is 1. The van der Waals surface area contributed by atoms with Crippen LogP contribution >= 0.6 is 11.8 Å². The first-order chi connectivity index (χ1) is 13.6. The predicted molar refractivity (Wildman–Crippen MR) is 108 cm³/mol. The average molecular weight is 404 g/mol. The van der Waals surface area contributed by atoms with Gasteiger partial charge in [0.15, 0.2) is 5.82 Å². The number of thioether (sulfide) groups is 1. The molecule has 4 rings (SSSR count). The van der Waals surface area contributed by atoms with E-state index in [-0.39, 0.29) is 5.24 Å². The Bertz CT molecular complexity index is 771. The highest BCUT2D eigenvalue weighted by Crippen LogP contribution is 2.25. The van der Waals surface area contributed by atoms with Crippen molar-refractivity contribution in [1.29, 1.82) is 0 Å². The quantitative estimate of drug-likeness (QED) is 0.733. The van der Waals surface area contributed by atoms with E-state index in [9.17, 15) is 9.59 Å². The average Bonchev–Trinajstić information content (AvgIpc) is 3.05. The van der Waals surface area contributed by atoms with Crippen molar-refractivity contribution in [2.45, 2.75) is 25.8 Å². The molecule has 0 unspecified atom stereocenters. The Morgan fingerprint density at radius 2 is 1.89 bits per heavy atom. The molecule has 0 saturated carbocycles. The summed E-state index contributed by atoms with van der Waals surface area (Å²) in [6.07, 6.45) is 5.49. The molecule has 3 saturated heterocycles. The van der Waals surface area contributed by atoms with Crippen LogP contribution in [0.4, 0.5) is 10.7 Å². The molecule has 2 amide bonds. The number of nitrogens with zero attached hydrogens (tertiary/aromatic N) is 6. The topological polar surface area (TPSA) is 94.6 Å². The lowest BCUT2D eigenvalue weighted by Gasteiger charge is -2.42. The van der Waals surface area contributed by atoms with E-state index < -0.39 is 5.91 Å². The molecule has 1 aromatic heterocycles. The van der Waals surface area contributed by atoms with Crippen molar-refractivity contribution >= 4 is 34.9 Å². The highest BCUT2D eigenvalue weighted by atomic mass is 32.2. The smallest absolute Gasteiger partial charge is 0.290 e. The Labute approximate surface area is 168 Å². The van der Waals surface area contributed by atoms with Crippen LogP contribution in [0.15, 0.2) is 11.2 Å². The van der Waals surface area contributed by atoms with E-state index in [1.54, 1.807) is 0 Å². The van der Waals surface area contributed by atoms with Gasteiger partial charge in [-0.1, -0.05) is 6.92 Å². The maximum atomic E-state index is 11.7. The SMILES string of the molecule is CCN1CCC(N2CCN(c3ncnc(C=C4SC(=O)NC4=O)n3)CC2)CC1. The van der Waals surface area contributed by atoms with Crippen molar-refractivity contribution in [1.82, 2.24) is 30.1 Å². The van der Waals surface area contributed by atoms with Crippen LogP contribution in [0.1, 0.15) is 25.6 Å². The molecule has 0 aliphatic carbocycles. The second-order valence-electron chi connectivity index (χ2n) is 7.18. The van der Waals surface area contributed by atoms with Gasteiger partial charge < -0.3 is 9.80 Å². The lowest BCUT2D eigenvalue weighted by Crippen LogP contribution is -2.53. The van der Waals surface area contributed by atoms with E-state index in [1.807, 2.05) is 0 Å². The first-order valence-electron chi connectivity index (χ1n) is 9.77. The number of piperazine rings is 1. The van der Waals surface area contributed by atoms with Gasteiger partial charge in [-0.3, -0.25) is 19.8 Å². The van der Waals surface area contributed by atoms with Crippen LogP contribution in [0.2, 0.25) is 0 Å². The number of anilines is 1. The fourth-order valence-corrected chi connectivity index (χ4v) is 4.60. The fraction of sp³-hybridized carbons (Fsp3) is 0.611. The Morgan fingerprint density at radius 1 is 1.14 bits per heavy atom. The summed E-state index contributed by atoms with van der Waals surface area (Å²) in [4.78, 5) is 43.5. The zero-order valence-electron chi connectivity index (χ0n) is 16.0. The van der Waals surface area contributed by atoms with Crippen molar-refractivity contribution in [3.63, 3.8) is 0 Å². The van der Waals surface area contributed by atoms with E-state index in [2.05, 4.69) is 41.9 Å². The van der Waals surface area contributed by atoms with Crippen molar-refractivity contribution < 1.29 is 9.59 Å². The molecule has 28 heavy (non-hydrogen) atoms. The van der Waals surface area contributed by atoms with E-state index in [0.717, 1.165) is 44.5 Å². The summed E-state index contributed by atoms with van der Waals surface area (Å²) < 4.78 is 0. The number of aromatic nitrogens is 3. The Balaban J connectivity index is 1.36. The molecule has 150 valence electrons. The second-order valence-corrected chi connectivity index (χ2v) is 8.20. The molecular formula is C18H25N7O2S. The van der Waals surface area contributed by atoms with Crippen LogP contribution in [-0.2, 0) is 4.79 Å². The van der Waals surface area contributed by atoms with Crippen LogP contribution in [0.5, 0.6) is 0 Å². The molecule has 1 aromatic rings. The minimum atomic E-state index is -0.403. The normalized spacial score (nSPS) is 24.2. The Hall–Kier alpha value is -2.04. The van der Waals surface area contributed by atoms with Crippen molar-refractivity contribution in [3.05, 3.63) is 17.1 Å². The molecule has 3 aliphatic heterocycles. The molecule has 9 nitrogen and oxygen atoms in total. The third-order valence-electron chi connectivity index (χ3n) is 5.60. The summed E-state index contributed by atoms with van der Waals surface area (Å²) in [7, 11) is 0. The fourth-order valence-electron chi connectivity index (χ4n) is 3.95. The summed E-state index contributed by atoms with van der Waals surface area (Å²) in [5.74, 6) is 0.614. The van der Waals surface area contributed by atoms with Gasteiger partial charge in [-0.25, -0.2) is 9.97 Å². The minimum absolute atomic E-state index is 0.311. The van der Waals surface area contributed by atoms with E-state index in [4.69, 9.17) is 0 Å². The zero-order chi connectivity index (χ0) is 19.5. The molecule has 0 atom stereocenters. The van der Waals surface area contributed by atoms with Gasteiger partial charge in [0, 0.05) is 38.3 Å². The molecule has 0 radical (unpaired) electrons. The maximum Gasteiger partial charge on any atom is 0.290 e. The van der Waals surface area contributed by atoms with Gasteiger partial charge in [0.05, 0.1) is 4.91 Å². The molecule has 0 bridgehead atoms. The molecule has 0 aromatic carbocycles. The van der Waals surface area contributed by atoms with E-state index >= 15 is 0 Å². The summed E-state index contributed by atoms with van der Waals surface area (Å²) >= 11 is 0.865. The van der Waals surface area contributed by atoms with Crippen molar-refractivity contribution in [2.75, 3.05) is 50.7 Å². The van der Waals surface area contributed by atoms with Crippen LogP contribution in [0.25, 0.3) is 6.08 Å². The summed E-state index contributed by atoms with van der Waals surface area (Å²) in [6, 6.07) is 0.680. The van der Waals surface area contributed by atoms with Crippen molar-refractivity contribution in [2.24, 2.45) is 0 Å². The first kappa shape index (κ1) is 19.3. The molecule has 0 spiro atoms. The highest BCUT2D eigenvalue weighted by Gasteiger charge is 2.28. The molecule has 10 heteroatoms. The first-order valence-corrected chi connectivity index (χ1v) is 10.6. The molecular weight excluding hydrogens is 378 g/mol. The van der Waals surface area contributed by atoms with Gasteiger partial charge in [0.2, 0.25) is 5.95 Å². The number of carbonyl (C=O) groups is 2. The van der Waals surface area contributed by atoms with Gasteiger partial charge in [-0.05, 0) is 44.2 Å². The Kier molecular flexibility index (Phi) is 5.88. The lowest BCUT2D eigenvalue weighted by molar-refractivity contribution is -0.115. The highest BCUT2D eigenvalue weighted by molar-refractivity contribution is 8.18. The molecule has 4 heterocycles. The van der Waals surface area contributed by atoms with Gasteiger partial charge >= 0.3 is 0 Å². The third kappa shape index (κ3) is 4.34. The lowest BCUT2D eigenvalue weighted by atomic mass is 10.0. The molecule has 3 aliphatic rings. The maximum absolute atomic E-state index is 11.7. The number of carbonyl (C=O) groups excluding carboxylic acids is 2. The standard InChI is InChI=1S/C18H25N7O2S/c1-2-23-5-3-13(4-6-23)24-7-9-25(10-8-24)17-20-12-19-15(21-17)11-14-16(26)22-18(27)28-14/h11-13H,2-10H2,1H3,(H,22,26,27). The van der Waals surface area contributed by atoms with Crippen LogP contribution in [0, 0.1) is 0 Å². The summed E-state index contributed by atoms with van der Waals surface area (Å²) in [6.45, 7) is 9.53. The number of likely N-dealkylation sites (tertiary alicyclic amines) is 1. The number of hydrogen-bond donors (Lipinski definition) is 1.